The molecule has 1 saturated heterocycles. The van der Waals surface area contributed by atoms with E-state index in [4.69, 9.17) is 18.0 Å². The quantitative estimate of drug-likeness (QED) is 0.637. The van der Waals surface area contributed by atoms with Crippen molar-refractivity contribution in [2.75, 3.05) is 19.8 Å². The average Bonchev–Trinajstić information content (AvgIpc) is 2.30. The molecule has 1 heterocycles. The third-order valence-electron chi connectivity index (χ3n) is 3.15. The minimum absolute atomic E-state index is 0.474. The van der Waals surface area contributed by atoms with Gasteiger partial charge in [0.15, 0.2) is 5.79 Å². The highest BCUT2D eigenvalue weighted by molar-refractivity contribution is 6.61. The van der Waals surface area contributed by atoms with Crippen LogP contribution in [0.1, 0.15) is 53.4 Å². The zero-order valence-electron chi connectivity index (χ0n) is 12.3. The Balaban J connectivity index is 2.81. The summed E-state index contributed by atoms with van der Waals surface area (Å²) in [4.78, 5) is 0. The molecule has 1 unspecified atom stereocenters. The second kappa shape index (κ2) is 7.60. The Hall–Kier alpha value is 0.0569. The number of rotatable bonds is 8. The number of hydrogen-bond donors (Lipinski definition) is 0. The van der Waals surface area contributed by atoms with Crippen molar-refractivity contribution in [3.63, 3.8) is 0 Å². The Morgan fingerprint density at radius 1 is 1.06 bits per heavy atom. The molecule has 1 atom stereocenters. The normalized spacial score (nSPS) is 27.3. The smallest absolute Gasteiger partial charge is 0.374 e. The van der Waals surface area contributed by atoms with Gasteiger partial charge in [-0.3, -0.25) is 0 Å². The van der Waals surface area contributed by atoms with Gasteiger partial charge in [-0.15, -0.1) is 0 Å². The van der Waals surface area contributed by atoms with Crippen molar-refractivity contribution in [1.29, 1.82) is 0 Å². The van der Waals surface area contributed by atoms with Crippen molar-refractivity contribution in [2.45, 2.75) is 65.2 Å². The molecule has 1 rings (SSSR count). The van der Waals surface area contributed by atoms with Crippen LogP contribution >= 0.6 is 0 Å². The Bertz CT molecular complexity index is 190. The van der Waals surface area contributed by atoms with E-state index in [0.717, 1.165) is 31.7 Å². The van der Waals surface area contributed by atoms with Crippen molar-refractivity contribution >= 4 is 8.80 Å². The van der Waals surface area contributed by atoms with E-state index in [2.05, 4.69) is 6.92 Å². The first kappa shape index (κ1) is 16.1. The zero-order valence-corrected chi connectivity index (χ0v) is 13.3. The third-order valence-corrected chi connectivity index (χ3v) is 6.25. The Labute approximate surface area is 112 Å². The lowest BCUT2D eigenvalue weighted by Gasteiger charge is -2.44. The molecule has 0 aromatic carbocycles. The third kappa shape index (κ3) is 4.03. The molecule has 18 heavy (non-hydrogen) atoms. The highest BCUT2D eigenvalue weighted by Crippen LogP contribution is 2.38. The summed E-state index contributed by atoms with van der Waals surface area (Å²) in [7, 11) is -2.52. The van der Waals surface area contributed by atoms with Crippen LogP contribution in [0.15, 0.2) is 0 Å². The maximum atomic E-state index is 6.30. The molecule has 0 N–H and O–H groups in total. The largest absolute Gasteiger partial charge is 0.503 e. The lowest BCUT2D eigenvalue weighted by molar-refractivity contribution is -0.225. The van der Waals surface area contributed by atoms with Crippen LogP contribution in [0.4, 0.5) is 0 Å². The fourth-order valence-corrected chi connectivity index (χ4v) is 5.55. The maximum Gasteiger partial charge on any atom is 0.503 e. The molecule has 1 aliphatic rings. The molecule has 1 fully saturated rings. The summed E-state index contributed by atoms with van der Waals surface area (Å²) >= 11 is 0. The van der Waals surface area contributed by atoms with Gasteiger partial charge in [-0.25, -0.2) is 0 Å². The fourth-order valence-electron chi connectivity index (χ4n) is 2.64. The molecule has 4 nitrogen and oxygen atoms in total. The molecule has 1 aliphatic heterocycles. The molecular formula is C13H28O4Si. The van der Waals surface area contributed by atoms with Gasteiger partial charge in [-0.1, -0.05) is 13.3 Å². The van der Waals surface area contributed by atoms with Gasteiger partial charge in [0.25, 0.3) is 0 Å². The highest BCUT2D eigenvalue weighted by Gasteiger charge is 2.52. The summed E-state index contributed by atoms with van der Waals surface area (Å²) in [6, 6.07) is 0.910. The second-order valence-electron chi connectivity index (χ2n) is 4.60. The van der Waals surface area contributed by atoms with E-state index in [1.54, 1.807) is 0 Å². The van der Waals surface area contributed by atoms with Crippen molar-refractivity contribution in [2.24, 2.45) is 0 Å². The van der Waals surface area contributed by atoms with Crippen molar-refractivity contribution in [3.8, 4) is 0 Å². The van der Waals surface area contributed by atoms with E-state index in [1.165, 1.54) is 0 Å². The van der Waals surface area contributed by atoms with E-state index < -0.39 is 14.6 Å². The van der Waals surface area contributed by atoms with Crippen LogP contribution in [0.25, 0.3) is 0 Å². The minimum Gasteiger partial charge on any atom is -0.374 e. The molecule has 0 amide bonds. The van der Waals surface area contributed by atoms with Gasteiger partial charge in [-0.05, 0) is 27.2 Å². The molecular weight excluding hydrogens is 248 g/mol. The van der Waals surface area contributed by atoms with E-state index in [-0.39, 0.29) is 0 Å². The molecule has 0 saturated carbocycles. The first-order valence-electron chi connectivity index (χ1n) is 7.28. The van der Waals surface area contributed by atoms with E-state index in [9.17, 15) is 0 Å². The maximum absolute atomic E-state index is 6.30. The molecule has 0 radical (unpaired) electrons. The van der Waals surface area contributed by atoms with Gasteiger partial charge in [0.05, 0.1) is 0 Å². The van der Waals surface area contributed by atoms with Gasteiger partial charge in [0.1, 0.15) is 0 Å². The Kier molecular flexibility index (Phi) is 6.80. The van der Waals surface area contributed by atoms with Crippen molar-refractivity contribution in [3.05, 3.63) is 0 Å². The van der Waals surface area contributed by atoms with Gasteiger partial charge in [-0.2, -0.15) is 0 Å². The van der Waals surface area contributed by atoms with E-state index in [0.29, 0.717) is 19.8 Å². The van der Waals surface area contributed by atoms with Gasteiger partial charge < -0.3 is 18.0 Å². The molecule has 0 aromatic rings. The predicted molar refractivity (Wildman–Crippen MR) is 73.4 cm³/mol. The Morgan fingerprint density at radius 3 is 2.22 bits per heavy atom. The monoisotopic (exact) mass is 276 g/mol. The fraction of sp³-hybridized carbons (Fsp3) is 1.00. The molecule has 0 aromatic heterocycles. The lowest BCUT2D eigenvalue weighted by atomic mass is 10.1. The first-order chi connectivity index (χ1) is 8.66. The first-order valence-corrected chi connectivity index (χ1v) is 9.21. The summed E-state index contributed by atoms with van der Waals surface area (Å²) < 4.78 is 24.0. The van der Waals surface area contributed by atoms with Crippen LogP contribution in [0, 0.1) is 0 Å². The van der Waals surface area contributed by atoms with Crippen LogP contribution in [0.2, 0.25) is 6.04 Å². The van der Waals surface area contributed by atoms with Crippen molar-refractivity contribution < 1.29 is 18.0 Å². The topological polar surface area (TPSA) is 36.9 Å². The van der Waals surface area contributed by atoms with Crippen LogP contribution in [0.3, 0.4) is 0 Å². The zero-order chi connectivity index (χ0) is 13.5. The molecule has 0 bridgehead atoms. The summed E-state index contributed by atoms with van der Waals surface area (Å²) in [5.41, 5.74) is 0. The standard InChI is InChI=1S/C13H28O4Si/c1-5-10-13(14-6-2)11-9-12-18(17-13,15-7-3)16-8-4/h5-12H2,1-4H3. The van der Waals surface area contributed by atoms with Gasteiger partial charge in [0, 0.05) is 38.7 Å². The second-order valence-corrected chi connectivity index (χ2v) is 7.25. The highest BCUT2D eigenvalue weighted by atomic mass is 28.4. The summed E-state index contributed by atoms with van der Waals surface area (Å²) in [5.74, 6) is -0.474. The SMILES string of the molecule is CCCC1(OCC)CCC[Si](OCC)(OCC)O1. The summed E-state index contributed by atoms with van der Waals surface area (Å²) in [6.45, 7) is 10.1. The van der Waals surface area contributed by atoms with Gasteiger partial charge in [0.2, 0.25) is 0 Å². The van der Waals surface area contributed by atoms with E-state index in [1.807, 2.05) is 20.8 Å². The summed E-state index contributed by atoms with van der Waals surface area (Å²) in [6.07, 6.45) is 3.97. The lowest BCUT2D eigenvalue weighted by Crippen LogP contribution is -2.57. The van der Waals surface area contributed by atoms with E-state index >= 15 is 0 Å². The molecule has 108 valence electrons. The molecule has 5 heteroatoms. The minimum atomic E-state index is -2.52. The number of ether oxygens (including phenoxy) is 1. The van der Waals surface area contributed by atoms with Crippen LogP contribution in [-0.2, 0) is 18.0 Å². The predicted octanol–water partition coefficient (Wildman–Crippen LogP) is 3.34. The van der Waals surface area contributed by atoms with Crippen molar-refractivity contribution in [1.82, 2.24) is 0 Å². The van der Waals surface area contributed by atoms with Crippen LogP contribution < -0.4 is 0 Å². The van der Waals surface area contributed by atoms with Crippen LogP contribution in [-0.4, -0.2) is 34.4 Å². The molecule has 0 aliphatic carbocycles. The van der Waals surface area contributed by atoms with Crippen LogP contribution in [0.5, 0.6) is 0 Å². The number of hydrogen-bond acceptors (Lipinski definition) is 4. The van der Waals surface area contributed by atoms with Gasteiger partial charge >= 0.3 is 8.80 Å². The molecule has 0 spiro atoms. The summed E-state index contributed by atoms with van der Waals surface area (Å²) in [5, 5.41) is 0. The Morgan fingerprint density at radius 2 is 1.72 bits per heavy atom. The average molecular weight is 276 g/mol.